The molecule has 0 atom stereocenters. The number of unbranched alkanes of at least 4 members (excludes halogenated alkanes) is 4. The van der Waals surface area contributed by atoms with E-state index in [1.54, 1.807) is 0 Å². The van der Waals surface area contributed by atoms with Gasteiger partial charge < -0.3 is 78.8 Å². The average molecular weight is 1030 g/mol. The Morgan fingerprint density at radius 2 is 0.507 bits per heavy atom. The quantitative estimate of drug-likeness (QED) is 0.0704. The molecule has 0 N–H and O–H groups in total. The lowest BCUT2D eigenvalue weighted by Gasteiger charge is -2.30. The Bertz CT molecular complexity index is 2030. The molecule has 4 aromatic carbocycles. The van der Waals surface area contributed by atoms with Crippen molar-refractivity contribution in [3.8, 4) is 0 Å². The van der Waals surface area contributed by atoms with Gasteiger partial charge in [-0.15, -0.1) is 0 Å². The van der Waals surface area contributed by atoms with Crippen LogP contribution in [0.4, 0.5) is 19.2 Å². The fourth-order valence-electron chi connectivity index (χ4n) is 9.89. The maximum Gasteiger partial charge on any atom is 0.137 e. The van der Waals surface area contributed by atoms with Gasteiger partial charge in [-0.2, -0.15) is 0 Å². The van der Waals surface area contributed by atoms with Crippen molar-refractivity contribution in [1.82, 2.24) is 39.2 Å². The highest BCUT2D eigenvalue weighted by Gasteiger charge is 2.17. The van der Waals surface area contributed by atoms with Gasteiger partial charge in [0.25, 0.3) is 0 Å². The second-order valence-corrected chi connectivity index (χ2v) is 19.9. The second kappa shape index (κ2) is 35.1. The van der Waals surface area contributed by atoms with Crippen molar-refractivity contribution >= 4 is 24.4 Å². The summed E-state index contributed by atoms with van der Waals surface area (Å²) in [5, 5.41) is 48.5. The van der Waals surface area contributed by atoms with Gasteiger partial charge >= 0.3 is 0 Å². The molecule has 4 aromatic rings. The molecule has 0 aliphatic carbocycles. The van der Waals surface area contributed by atoms with Crippen LogP contribution < -0.4 is 20.4 Å². The molecule has 0 aromatic heterocycles. The number of rotatable bonds is 28. The first-order valence-corrected chi connectivity index (χ1v) is 27.4. The van der Waals surface area contributed by atoms with Crippen LogP contribution in [0.15, 0.2) is 121 Å². The van der Waals surface area contributed by atoms with Gasteiger partial charge in [0.1, 0.15) is 24.4 Å². The topological polar surface area (TPSA) is 186 Å². The maximum absolute atomic E-state index is 12.1. The third-order valence-electron chi connectivity index (χ3n) is 14.1. The summed E-state index contributed by atoms with van der Waals surface area (Å²) in [5.74, 6) is 0. The van der Waals surface area contributed by atoms with E-state index in [1.807, 2.05) is 121 Å². The summed E-state index contributed by atoms with van der Waals surface area (Å²) in [6.07, 6.45) is 4.28. The van der Waals surface area contributed by atoms with Crippen LogP contribution >= 0.6 is 0 Å². The number of carbonyl (C=O) groups is 4. The molecule has 1 aliphatic heterocycles. The number of benzene rings is 4. The summed E-state index contributed by atoms with van der Waals surface area (Å²) >= 11 is 0. The summed E-state index contributed by atoms with van der Waals surface area (Å²) in [6.45, 7) is 13.0. The molecule has 1 aliphatic rings. The summed E-state index contributed by atoms with van der Waals surface area (Å²) < 4.78 is 0. The number of carboxylic acid groups (broad SMARTS) is 4. The molecular formula is C59H82N8O8-4. The largest absolute Gasteiger partial charge is 0.530 e. The smallest absolute Gasteiger partial charge is 0.137 e. The molecule has 410 valence electrons. The number of amides is 4. The van der Waals surface area contributed by atoms with E-state index in [1.165, 1.54) is 19.6 Å². The van der Waals surface area contributed by atoms with E-state index < -0.39 is 24.4 Å². The minimum absolute atomic E-state index is 0.288. The molecule has 0 spiro atoms. The van der Waals surface area contributed by atoms with Crippen molar-refractivity contribution in [2.45, 2.75) is 96.8 Å². The van der Waals surface area contributed by atoms with Crippen molar-refractivity contribution in [3.63, 3.8) is 0 Å². The van der Waals surface area contributed by atoms with E-state index in [-0.39, 0.29) is 13.1 Å². The molecule has 0 bridgehead atoms. The molecule has 4 amide bonds. The van der Waals surface area contributed by atoms with Crippen LogP contribution in [0.1, 0.15) is 92.9 Å². The maximum atomic E-state index is 12.1. The molecule has 1 heterocycles. The van der Waals surface area contributed by atoms with Crippen LogP contribution in [-0.4, -0.2) is 168 Å². The molecule has 0 radical (unpaired) electrons. The highest BCUT2D eigenvalue weighted by Crippen LogP contribution is 2.13. The molecule has 0 unspecified atom stereocenters. The van der Waals surface area contributed by atoms with Crippen LogP contribution in [0.3, 0.4) is 0 Å². The lowest BCUT2D eigenvalue weighted by Crippen LogP contribution is -2.42. The summed E-state index contributed by atoms with van der Waals surface area (Å²) in [4.78, 5) is 64.1. The molecular weight excluding hydrogens is 949 g/mol. The first kappa shape index (κ1) is 59.7. The van der Waals surface area contributed by atoms with Gasteiger partial charge in [0.2, 0.25) is 0 Å². The molecule has 75 heavy (non-hydrogen) atoms. The van der Waals surface area contributed by atoms with Gasteiger partial charge in [-0.3, -0.25) is 0 Å². The lowest BCUT2D eigenvalue weighted by molar-refractivity contribution is -0.267. The van der Waals surface area contributed by atoms with E-state index in [0.29, 0.717) is 65.0 Å². The monoisotopic (exact) mass is 1030 g/mol. The molecule has 1 fully saturated rings. The molecule has 16 nitrogen and oxygen atoms in total. The second-order valence-electron chi connectivity index (χ2n) is 19.9. The molecule has 1 saturated heterocycles. The van der Waals surface area contributed by atoms with E-state index in [0.717, 1.165) is 146 Å². The SMILES string of the molecule is O=C([O-])N(CCCCN1CCCN(CCCCN(Cc2ccccc2)C(=O)[O-])CCCN(CCCCN(Cc2ccccc2)C(=O)[O-])CCN(CCCCN(Cc2ccccc2)C(=O)[O-])CCC1)Cc1ccccc1. The van der Waals surface area contributed by atoms with Crippen molar-refractivity contribution in [3.05, 3.63) is 144 Å². The van der Waals surface area contributed by atoms with Crippen molar-refractivity contribution in [2.24, 2.45) is 0 Å². The van der Waals surface area contributed by atoms with Crippen molar-refractivity contribution < 1.29 is 39.6 Å². The zero-order valence-corrected chi connectivity index (χ0v) is 44.3. The van der Waals surface area contributed by atoms with E-state index in [9.17, 15) is 39.6 Å². The predicted molar refractivity (Wildman–Crippen MR) is 286 cm³/mol. The Morgan fingerprint density at radius 3 is 0.707 bits per heavy atom. The van der Waals surface area contributed by atoms with E-state index in [2.05, 4.69) is 19.6 Å². The Morgan fingerprint density at radius 1 is 0.307 bits per heavy atom. The number of hydrogen-bond donors (Lipinski definition) is 0. The minimum Gasteiger partial charge on any atom is -0.530 e. The van der Waals surface area contributed by atoms with Gasteiger partial charge in [-0.1, -0.05) is 121 Å². The van der Waals surface area contributed by atoms with Crippen LogP contribution in [0.5, 0.6) is 0 Å². The minimum atomic E-state index is -1.17. The summed E-state index contributed by atoms with van der Waals surface area (Å²) in [7, 11) is 0. The van der Waals surface area contributed by atoms with Gasteiger partial charge in [0.05, 0.1) is 0 Å². The predicted octanol–water partition coefficient (Wildman–Crippen LogP) is 4.88. The van der Waals surface area contributed by atoms with Crippen molar-refractivity contribution in [2.75, 3.05) is 105 Å². The first-order valence-electron chi connectivity index (χ1n) is 27.4. The van der Waals surface area contributed by atoms with Gasteiger partial charge in [-0.25, -0.2) is 0 Å². The summed E-state index contributed by atoms with van der Waals surface area (Å²) in [6, 6.07) is 38.3. The van der Waals surface area contributed by atoms with E-state index in [4.69, 9.17) is 0 Å². The van der Waals surface area contributed by atoms with Crippen LogP contribution in [0.25, 0.3) is 0 Å². The highest BCUT2D eigenvalue weighted by atomic mass is 16.4. The molecule has 0 saturated carbocycles. The van der Waals surface area contributed by atoms with Crippen LogP contribution in [0.2, 0.25) is 0 Å². The number of carbonyl (C=O) groups excluding carboxylic acids is 4. The van der Waals surface area contributed by atoms with Gasteiger partial charge in [0.15, 0.2) is 0 Å². The highest BCUT2D eigenvalue weighted by molar-refractivity contribution is 5.63. The fourth-order valence-corrected chi connectivity index (χ4v) is 9.89. The normalized spacial score (nSPS) is 14.8. The third kappa shape index (κ3) is 24.8. The Kier molecular flexibility index (Phi) is 28.0. The number of hydrogen-bond acceptors (Lipinski definition) is 12. The Hall–Kier alpha value is -6.20. The zero-order chi connectivity index (χ0) is 53.3. The fraction of sp³-hybridized carbons (Fsp3) is 0.525. The Balaban J connectivity index is 1.24. The molecule has 5 rings (SSSR count). The molecule has 16 heteroatoms. The average Bonchev–Trinajstić information content (AvgIpc) is 3.41. The Labute approximate surface area is 446 Å². The van der Waals surface area contributed by atoms with Gasteiger partial charge in [-0.05, 0) is 158 Å². The van der Waals surface area contributed by atoms with Crippen molar-refractivity contribution in [1.29, 1.82) is 0 Å². The van der Waals surface area contributed by atoms with E-state index >= 15 is 0 Å². The standard InChI is InChI=1S/C59H86N8O8/c68-56(69)64(48-52-24-5-1-6-25-52)42-17-13-32-60-36-21-37-61(33-14-18-43-65(57(70)71)49-53-26-7-2-8-27-53)39-23-41-63(35-16-20-45-67(59(74)75)51-55-30-11-4-12-31-55)47-46-62(40-22-38-60)34-15-19-44-66(58(72)73)50-54-28-9-3-10-29-54/h1-12,24-31H,13-23,32-51H2,(H,68,69)(H,70,71)(H,72,73)(H,74,75)/p-4. The first-order chi connectivity index (χ1) is 36.5. The lowest BCUT2D eigenvalue weighted by atomic mass is 10.2. The third-order valence-corrected chi connectivity index (χ3v) is 14.1. The van der Waals surface area contributed by atoms with Gasteiger partial charge in [0, 0.05) is 65.4 Å². The summed E-state index contributed by atoms with van der Waals surface area (Å²) in [5.41, 5.74) is 3.70. The number of nitrogens with zero attached hydrogens (tertiary/aromatic N) is 8. The van der Waals surface area contributed by atoms with Crippen LogP contribution in [-0.2, 0) is 26.2 Å². The zero-order valence-electron chi connectivity index (χ0n) is 44.3. The van der Waals surface area contributed by atoms with Crippen LogP contribution in [0, 0.1) is 0 Å².